The molecule has 0 spiro atoms. The summed E-state index contributed by atoms with van der Waals surface area (Å²) in [4.78, 5) is 0.224. The van der Waals surface area contributed by atoms with Crippen LogP contribution in [0.4, 0.5) is 5.69 Å². The molecular weight excluding hydrogens is 310 g/mol. The lowest BCUT2D eigenvalue weighted by Crippen LogP contribution is -2.35. The molecule has 2 unspecified atom stereocenters. The smallest absolute Gasteiger partial charge is 0.181 e. The van der Waals surface area contributed by atoms with Gasteiger partial charge in [0, 0.05) is 11.9 Å². The molecule has 0 heterocycles. The van der Waals surface area contributed by atoms with Gasteiger partial charge in [-0.15, -0.1) is 0 Å². The van der Waals surface area contributed by atoms with Gasteiger partial charge in [-0.1, -0.05) is 12.5 Å². The Kier molecular flexibility index (Phi) is 4.35. The fourth-order valence-electron chi connectivity index (χ4n) is 2.88. The van der Waals surface area contributed by atoms with Gasteiger partial charge in [0.05, 0.1) is 15.4 Å². The van der Waals surface area contributed by atoms with E-state index in [1.807, 2.05) is 0 Å². The van der Waals surface area contributed by atoms with Crippen LogP contribution in [0, 0.1) is 6.92 Å². The molecule has 0 aromatic heterocycles. The van der Waals surface area contributed by atoms with E-state index in [9.17, 15) is 16.8 Å². The largest absolute Gasteiger partial charge is 0.399 e. The van der Waals surface area contributed by atoms with Gasteiger partial charge in [-0.05, 0) is 43.9 Å². The van der Waals surface area contributed by atoms with Gasteiger partial charge in [-0.3, -0.25) is 0 Å². The molecule has 1 saturated carbocycles. The average molecular weight is 331 g/mol. The van der Waals surface area contributed by atoms with Crippen molar-refractivity contribution in [1.82, 2.24) is 0 Å². The lowest BCUT2D eigenvalue weighted by Gasteiger charge is -2.28. The third-order valence-electron chi connectivity index (χ3n) is 4.14. The van der Waals surface area contributed by atoms with Crippen LogP contribution in [-0.4, -0.2) is 33.6 Å². The van der Waals surface area contributed by atoms with Crippen LogP contribution in [0.2, 0.25) is 0 Å². The number of anilines is 1. The highest BCUT2D eigenvalue weighted by Crippen LogP contribution is 2.33. The molecule has 0 amide bonds. The van der Waals surface area contributed by atoms with E-state index in [1.165, 1.54) is 12.3 Å². The maximum absolute atomic E-state index is 12.8. The Bertz CT molecular complexity index is 738. The number of aryl methyl sites for hydroxylation is 1. The molecule has 0 bridgehead atoms. The second-order valence-electron chi connectivity index (χ2n) is 5.81. The molecular formula is C14H21NO4S2. The second kappa shape index (κ2) is 5.61. The van der Waals surface area contributed by atoms with Crippen LogP contribution in [0.5, 0.6) is 0 Å². The van der Waals surface area contributed by atoms with E-state index in [2.05, 4.69) is 0 Å². The van der Waals surface area contributed by atoms with E-state index in [-0.39, 0.29) is 11.3 Å². The highest BCUT2D eigenvalue weighted by molar-refractivity contribution is 7.92. The summed E-state index contributed by atoms with van der Waals surface area (Å²) in [6.45, 7) is 1.73. The van der Waals surface area contributed by atoms with Gasteiger partial charge >= 0.3 is 0 Å². The van der Waals surface area contributed by atoms with Gasteiger partial charge in [0.2, 0.25) is 0 Å². The van der Waals surface area contributed by atoms with E-state index in [1.54, 1.807) is 19.1 Å². The minimum Gasteiger partial charge on any atom is -0.399 e. The van der Waals surface area contributed by atoms with Crippen LogP contribution in [0.3, 0.4) is 0 Å². The molecule has 7 heteroatoms. The van der Waals surface area contributed by atoms with E-state index in [4.69, 9.17) is 5.73 Å². The Balaban J connectivity index is 2.38. The molecule has 1 aliphatic rings. The zero-order valence-corrected chi connectivity index (χ0v) is 13.9. The Morgan fingerprint density at radius 3 is 2.33 bits per heavy atom. The second-order valence-corrected chi connectivity index (χ2v) is 10.3. The van der Waals surface area contributed by atoms with Crippen molar-refractivity contribution in [2.75, 3.05) is 12.0 Å². The van der Waals surface area contributed by atoms with E-state index in [0.717, 1.165) is 0 Å². The number of nitrogen functional groups attached to an aromatic ring is 1. The lowest BCUT2D eigenvalue weighted by atomic mass is 10.00. The van der Waals surface area contributed by atoms with Crippen LogP contribution in [0.25, 0.3) is 0 Å². The molecule has 0 radical (unpaired) electrons. The Hall–Kier alpha value is -1.08. The minimum atomic E-state index is -3.55. The fraction of sp³-hybridized carbons (Fsp3) is 0.571. The quantitative estimate of drug-likeness (QED) is 0.851. The van der Waals surface area contributed by atoms with Crippen molar-refractivity contribution in [2.45, 2.75) is 48.0 Å². The predicted molar refractivity (Wildman–Crippen MR) is 83.7 cm³/mol. The van der Waals surface area contributed by atoms with Crippen molar-refractivity contribution >= 4 is 25.4 Å². The number of hydrogen-bond acceptors (Lipinski definition) is 5. The number of hydrogen-bond donors (Lipinski definition) is 1. The molecule has 1 aromatic rings. The molecule has 5 nitrogen and oxygen atoms in total. The maximum Gasteiger partial charge on any atom is 0.181 e. The monoisotopic (exact) mass is 331 g/mol. The Morgan fingerprint density at radius 2 is 1.71 bits per heavy atom. The molecule has 1 aliphatic carbocycles. The van der Waals surface area contributed by atoms with Crippen molar-refractivity contribution in [3.8, 4) is 0 Å². The number of benzene rings is 1. The number of sulfone groups is 2. The number of rotatable bonds is 3. The summed E-state index contributed by atoms with van der Waals surface area (Å²) in [6.07, 6.45) is 3.01. The van der Waals surface area contributed by atoms with Crippen LogP contribution >= 0.6 is 0 Å². The first kappa shape index (κ1) is 16.3. The molecule has 1 fully saturated rings. The van der Waals surface area contributed by atoms with Crippen LogP contribution in [-0.2, 0) is 19.7 Å². The van der Waals surface area contributed by atoms with Crippen molar-refractivity contribution in [3.63, 3.8) is 0 Å². The summed E-state index contributed by atoms with van der Waals surface area (Å²) in [5.41, 5.74) is 6.73. The third kappa shape index (κ3) is 3.40. The highest BCUT2D eigenvalue weighted by Gasteiger charge is 2.37. The summed E-state index contributed by atoms with van der Waals surface area (Å²) in [7, 11) is -6.76. The fourth-order valence-corrected chi connectivity index (χ4v) is 6.31. The van der Waals surface area contributed by atoms with Crippen molar-refractivity contribution < 1.29 is 16.8 Å². The average Bonchev–Trinajstić information content (AvgIpc) is 2.40. The van der Waals surface area contributed by atoms with Crippen molar-refractivity contribution in [3.05, 3.63) is 23.8 Å². The van der Waals surface area contributed by atoms with E-state index < -0.39 is 30.2 Å². The number of nitrogens with two attached hydrogens (primary N) is 1. The van der Waals surface area contributed by atoms with Gasteiger partial charge in [0.1, 0.15) is 9.84 Å². The van der Waals surface area contributed by atoms with Gasteiger partial charge in [-0.2, -0.15) is 0 Å². The zero-order valence-electron chi connectivity index (χ0n) is 12.2. The van der Waals surface area contributed by atoms with E-state index in [0.29, 0.717) is 30.5 Å². The van der Waals surface area contributed by atoms with Crippen LogP contribution in [0.1, 0.15) is 31.2 Å². The van der Waals surface area contributed by atoms with Crippen molar-refractivity contribution in [2.24, 2.45) is 0 Å². The zero-order chi connectivity index (χ0) is 15.8. The summed E-state index contributed by atoms with van der Waals surface area (Å²) >= 11 is 0. The Labute approximate surface area is 126 Å². The van der Waals surface area contributed by atoms with E-state index >= 15 is 0 Å². The summed E-state index contributed by atoms with van der Waals surface area (Å²) < 4.78 is 49.0. The first-order chi connectivity index (χ1) is 9.62. The molecule has 0 aliphatic heterocycles. The summed E-state index contributed by atoms with van der Waals surface area (Å²) in [5.74, 6) is 0. The molecule has 2 atom stereocenters. The molecule has 2 rings (SSSR count). The molecule has 0 saturated heterocycles. The molecule has 21 heavy (non-hydrogen) atoms. The molecule has 118 valence electrons. The lowest BCUT2D eigenvalue weighted by molar-refractivity contribution is 0.473. The SMILES string of the molecule is Cc1ccc(N)cc1S(=O)(=O)C1CCCC(S(C)(=O)=O)C1. The normalized spacial score (nSPS) is 23.9. The first-order valence-electron chi connectivity index (χ1n) is 6.91. The van der Waals surface area contributed by atoms with Gasteiger partial charge in [0.25, 0.3) is 0 Å². The summed E-state index contributed by atoms with van der Waals surface area (Å²) in [5, 5.41) is -1.21. The van der Waals surface area contributed by atoms with Gasteiger partial charge in [-0.25, -0.2) is 16.8 Å². The topological polar surface area (TPSA) is 94.3 Å². The minimum absolute atomic E-state index is 0.176. The third-order valence-corrected chi connectivity index (χ3v) is 8.14. The standard InChI is InChI=1S/C14H21NO4S2/c1-10-6-7-11(15)8-14(10)21(18,19)13-5-3-4-12(9-13)20(2,16)17/h6-8,12-13H,3-5,9,15H2,1-2H3. The van der Waals surface area contributed by atoms with Crippen molar-refractivity contribution in [1.29, 1.82) is 0 Å². The van der Waals surface area contributed by atoms with Crippen LogP contribution in [0.15, 0.2) is 23.1 Å². The molecule has 1 aromatic carbocycles. The maximum atomic E-state index is 12.8. The first-order valence-corrected chi connectivity index (χ1v) is 10.4. The summed E-state index contributed by atoms with van der Waals surface area (Å²) in [6, 6.07) is 4.81. The van der Waals surface area contributed by atoms with Gasteiger partial charge in [0.15, 0.2) is 9.84 Å². The predicted octanol–water partition coefficient (Wildman–Crippen LogP) is 1.71. The van der Waals surface area contributed by atoms with Crippen LogP contribution < -0.4 is 5.73 Å². The molecule has 2 N–H and O–H groups in total. The van der Waals surface area contributed by atoms with Gasteiger partial charge < -0.3 is 5.73 Å². The highest BCUT2D eigenvalue weighted by atomic mass is 32.2. The Morgan fingerprint density at radius 1 is 1.10 bits per heavy atom.